The first-order valence-corrected chi connectivity index (χ1v) is 10.1. The molecule has 0 amide bonds. The average molecular weight is 379 g/mol. The van der Waals surface area contributed by atoms with Gasteiger partial charge in [0.25, 0.3) is 0 Å². The normalized spacial score (nSPS) is 20.2. The summed E-state index contributed by atoms with van der Waals surface area (Å²) in [4.78, 5) is 9.34. The largest absolute Gasteiger partial charge is 0.382 e. The van der Waals surface area contributed by atoms with Crippen molar-refractivity contribution in [1.82, 2.24) is 4.90 Å². The van der Waals surface area contributed by atoms with Gasteiger partial charge in [0.2, 0.25) is 0 Å². The smallest absolute Gasteiger partial charge is 0.191 e. The summed E-state index contributed by atoms with van der Waals surface area (Å²) in [5.41, 5.74) is 7.84. The van der Waals surface area contributed by atoms with Gasteiger partial charge in [-0.15, -0.1) is 0 Å². The number of piperazine rings is 1. The third-order valence-corrected chi connectivity index (χ3v) is 6.02. The van der Waals surface area contributed by atoms with Crippen molar-refractivity contribution in [3.63, 3.8) is 0 Å². The van der Waals surface area contributed by atoms with Crippen LogP contribution in [0.15, 0.2) is 29.3 Å². The predicted molar refractivity (Wildman–Crippen MR) is 109 cm³/mol. The Morgan fingerprint density at radius 3 is 2.46 bits per heavy atom. The Kier molecular flexibility index (Phi) is 6.65. The van der Waals surface area contributed by atoms with Crippen LogP contribution in [0.25, 0.3) is 0 Å². The van der Waals surface area contributed by atoms with Crippen LogP contribution in [0.1, 0.15) is 32.6 Å². The highest BCUT2D eigenvalue weighted by atomic mass is 35.5. The van der Waals surface area contributed by atoms with E-state index in [9.17, 15) is 0 Å². The van der Waals surface area contributed by atoms with Gasteiger partial charge >= 0.3 is 0 Å². The number of nitrogens with zero attached hydrogens (tertiary/aromatic N) is 3. The SMILES string of the molecule is CCOCCC1(CN=C(N)N2CCN(c3ccc(Cl)cc3)CC2)CCC1. The van der Waals surface area contributed by atoms with Gasteiger partial charge in [0.05, 0.1) is 0 Å². The van der Waals surface area contributed by atoms with Gasteiger partial charge in [-0.05, 0) is 55.9 Å². The molecule has 0 spiro atoms. The molecular formula is C20H31ClN4O. The first-order valence-electron chi connectivity index (χ1n) is 9.75. The quantitative estimate of drug-likeness (QED) is 0.449. The maximum Gasteiger partial charge on any atom is 0.191 e. The van der Waals surface area contributed by atoms with Crippen LogP contribution in [0.2, 0.25) is 5.02 Å². The third kappa shape index (κ3) is 4.83. The van der Waals surface area contributed by atoms with Gasteiger partial charge in [-0.1, -0.05) is 18.0 Å². The second-order valence-corrected chi connectivity index (χ2v) is 7.86. The number of hydrogen-bond acceptors (Lipinski definition) is 3. The number of ether oxygens (including phenoxy) is 1. The number of guanidine groups is 1. The van der Waals surface area contributed by atoms with Crippen LogP contribution >= 0.6 is 11.6 Å². The molecule has 0 unspecified atom stereocenters. The molecule has 6 heteroatoms. The molecule has 144 valence electrons. The van der Waals surface area contributed by atoms with Crippen LogP contribution in [0.3, 0.4) is 0 Å². The molecule has 5 nitrogen and oxygen atoms in total. The fourth-order valence-corrected chi connectivity index (χ4v) is 3.92. The van der Waals surface area contributed by atoms with E-state index in [-0.39, 0.29) is 0 Å². The summed E-state index contributed by atoms with van der Waals surface area (Å²) in [6, 6.07) is 8.04. The molecule has 1 aliphatic carbocycles. The highest BCUT2D eigenvalue weighted by Gasteiger charge is 2.36. The zero-order valence-corrected chi connectivity index (χ0v) is 16.5. The first kappa shape index (κ1) is 19.3. The van der Waals surface area contributed by atoms with Gasteiger partial charge in [-0.25, -0.2) is 0 Å². The molecule has 2 N–H and O–H groups in total. The van der Waals surface area contributed by atoms with Crippen molar-refractivity contribution in [2.24, 2.45) is 16.1 Å². The van der Waals surface area contributed by atoms with E-state index in [0.717, 1.165) is 57.4 Å². The molecule has 1 heterocycles. The maximum atomic E-state index is 6.30. The molecule has 1 saturated carbocycles. The highest BCUT2D eigenvalue weighted by molar-refractivity contribution is 6.30. The number of hydrogen-bond donors (Lipinski definition) is 1. The van der Waals surface area contributed by atoms with Gasteiger partial charge < -0.3 is 20.3 Å². The van der Waals surface area contributed by atoms with Gasteiger partial charge in [-0.2, -0.15) is 0 Å². The zero-order valence-electron chi connectivity index (χ0n) is 15.8. The van der Waals surface area contributed by atoms with E-state index in [4.69, 9.17) is 27.1 Å². The molecule has 0 radical (unpaired) electrons. The molecule has 1 aliphatic heterocycles. The van der Waals surface area contributed by atoms with Crippen molar-refractivity contribution in [2.75, 3.05) is 50.8 Å². The van der Waals surface area contributed by atoms with E-state index >= 15 is 0 Å². The fourth-order valence-electron chi connectivity index (χ4n) is 3.79. The van der Waals surface area contributed by atoms with Crippen molar-refractivity contribution in [1.29, 1.82) is 0 Å². The minimum Gasteiger partial charge on any atom is -0.382 e. The lowest BCUT2D eigenvalue weighted by molar-refractivity contribution is 0.0608. The number of halogens is 1. The summed E-state index contributed by atoms with van der Waals surface area (Å²) in [5.74, 6) is 0.698. The Morgan fingerprint density at radius 1 is 1.19 bits per heavy atom. The number of nitrogens with two attached hydrogens (primary N) is 1. The molecule has 1 aromatic carbocycles. The molecule has 0 bridgehead atoms. The molecule has 1 aromatic rings. The molecule has 0 atom stereocenters. The summed E-state index contributed by atoms with van der Waals surface area (Å²) in [6.07, 6.45) is 4.91. The van der Waals surface area contributed by atoms with Crippen molar-refractivity contribution in [2.45, 2.75) is 32.6 Å². The van der Waals surface area contributed by atoms with Crippen molar-refractivity contribution < 1.29 is 4.74 Å². The van der Waals surface area contributed by atoms with Crippen molar-refractivity contribution in [3.8, 4) is 0 Å². The van der Waals surface area contributed by atoms with E-state index in [2.05, 4.69) is 21.9 Å². The Labute approximate surface area is 162 Å². The van der Waals surface area contributed by atoms with Crippen LogP contribution < -0.4 is 10.6 Å². The summed E-state index contributed by atoms with van der Waals surface area (Å²) in [6.45, 7) is 8.23. The van der Waals surface area contributed by atoms with E-state index in [0.29, 0.717) is 11.4 Å². The van der Waals surface area contributed by atoms with E-state index in [1.165, 1.54) is 24.9 Å². The van der Waals surface area contributed by atoms with E-state index in [1.807, 2.05) is 19.1 Å². The lowest BCUT2D eigenvalue weighted by Gasteiger charge is -2.41. The van der Waals surface area contributed by atoms with E-state index < -0.39 is 0 Å². The number of benzene rings is 1. The van der Waals surface area contributed by atoms with Crippen LogP contribution in [0.4, 0.5) is 5.69 Å². The lowest BCUT2D eigenvalue weighted by Crippen LogP contribution is -2.51. The second kappa shape index (κ2) is 8.96. The minimum absolute atomic E-state index is 0.324. The summed E-state index contributed by atoms with van der Waals surface area (Å²) in [5, 5.41) is 0.776. The molecule has 3 rings (SSSR count). The molecule has 0 aromatic heterocycles. The van der Waals surface area contributed by atoms with Gasteiger partial charge in [0.1, 0.15) is 0 Å². The molecule has 26 heavy (non-hydrogen) atoms. The zero-order chi connectivity index (χ0) is 18.4. The monoisotopic (exact) mass is 378 g/mol. The Hall–Kier alpha value is -1.46. The third-order valence-electron chi connectivity index (χ3n) is 5.77. The number of anilines is 1. The summed E-state index contributed by atoms with van der Waals surface area (Å²) in [7, 11) is 0. The van der Waals surface area contributed by atoms with Crippen LogP contribution in [-0.4, -0.2) is 56.8 Å². The highest BCUT2D eigenvalue weighted by Crippen LogP contribution is 2.44. The van der Waals surface area contributed by atoms with Crippen LogP contribution in [-0.2, 0) is 4.74 Å². The predicted octanol–water partition coefficient (Wildman–Crippen LogP) is 3.37. The van der Waals surface area contributed by atoms with Crippen molar-refractivity contribution in [3.05, 3.63) is 29.3 Å². The Balaban J connectivity index is 1.49. The minimum atomic E-state index is 0.324. The number of rotatable bonds is 7. The average Bonchev–Trinajstić information content (AvgIpc) is 2.64. The summed E-state index contributed by atoms with van der Waals surface area (Å²) >= 11 is 5.98. The summed E-state index contributed by atoms with van der Waals surface area (Å²) < 4.78 is 5.55. The van der Waals surface area contributed by atoms with Gasteiger partial charge in [-0.3, -0.25) is 4.99 Å². The topological polar surface area (TPSA) is 54.1 Å². The molecular weight excluding hydrogens is 348 g/mol. The first-order chi connectivity index (χ1) is 12.6. The van der Waals surface area contributed by atoms with Crippen LogP contribution in [0.5, 0.6) is 0 Å². The fraction of sp³-hybridized carbons (Fsp3) is 0.650. The Morgan fingerprint density at radius 2 is 1.88 bits per heavy atom. The van der Waals surface area contributed by atoms with Crippen LogP contribution in [0, 0.1) is 5.41 Å². The molecule has 2 fully saturated rings. The standard InChI is InChI=1S/C20H31ClN4O/c1-2-26-15-10-20(8-3-9-20)16-23-19(22)25-13-11-24(12-14-25)18-6-4-17(21)5-7-18/h4-7H,2-3,8-16H2,1H3,(H2,22,23). The van der Waals surface area contributed by atoms with Gasteiger partial charge in [0, 0.05) is 56.6 Å². The van der Waals surface area contributed by atoms with Crippen molar-refractivity contribution >= 4 is 23.2 Å². The molecule has 1 saturated heterocycles. The lowest BCUT2D eigenvalue weighted by atomic mass is 9.67. The van der Waals surface area contributed by atoms with Gasteiger partial charge in [0.15, 0.2) is 5.96 Å². The maximum absolute atomic E-state index is 6.30. The van der Waals surface area contributed by atoms with E-state index in [1.54, 1.807) is 0 Å². The second-order valence-electron chi connectivity index (χ2n) is 7.43. The Bertz CT molecular complexity index is 592. The molecule has 2 aliphatic rings. The number of aliphatic imine (C=N–C) groups is 1.